The molecule has 0 fully saturated rings. The minimum atomic E-state index is -1.62. The van der Waals surface area contributed by atoms with Crippen LogP contribution in [0.15, 0.2) is 47.1 Å². The fourth-order valence-electron chi connectivity index (χ4n) is 2.50. The number of ether oxygens (including phenoxy) is 1. The van der Waals surface area contributed by atoms with Crippen molar-refractivity contribution in [2.75, 3.05) is 7.11 Å². The quantitative estimate of drug-likeness (QED) is 0.527. The number of rotatable bonds is 6. The van der Waals surface area contributed by atoms with Gasteiger partial charge in [-0.05, 0) is 50.6 Å². The van der Waals surface area contributed by atoms with Crippen molar-refractivity contribution in [2.24, 2.45) is 0 Å². The first kappa shape index (κ1) is 21.8. The highest BCUT2D eigenvalue weighted by Crippen LogP contribution is 2.36. The zero-order valence-electron chi connectivity index (χ0n) is 15.6. The number of hydrogen-bond donors (Lipinski definition) is 1. The minimum absolute atomic E-state index is 0.0182. The Morgan fingerprint density at radius 2 is 1.93 bits per heavy atom. The Labute approximate surface area is 170 Å². The van der Waals surface area contributed by atoms with Crippen LogP contribution >= 0.6 is 15.9 Å². The number of hydrogen-bond acceptors (Lipinski definition) is 5. The van der Waals surface area contributed by atoms with Crippen molar-refractivity contribution < 1.29 is 18.5 Å². The maximum atomic E-state index is 14.8. The molecule has 2 aromatic rings. The molecule has 0 saturated heterocycles. The lowest BCUT2D eigenvalue weighted by atomic mass is 9.83. The van der Waals surface area contributed by atoms with Crippen molar-refractivity contribution in [2.45, 2.75) is 37.5 Å². The molecule has 0 aliphatic heterocycles. The Bertz CT molecular complexity index is 798. The van der Waals surface area contributed by atoms with Crippen LogP contribution in [0.2, 0.25) is 0 Å². The highest BCUT2D eigenvalue weighted by Gasteiger charge is 2.46. The third-order valence-corrected chi connectivity index (χ3v) is 6.13. The minimum Gasteiger partial charge on any atom is -0.598 e. The molecule has 2 atom stereocenters. The maximum absolute atomic E-state index is 14.8. The van der Waals surface area contributed by atoms with Gasteiger partial charge in [0.15, 0.2) is 0 Å². The van der Waals surface area contributed by atoms with Gasteiger partial charge in [0.25, 0.3) is 0 Å². The van der Waals surface area contributed by atoms with E-state index in [-0.39, 0.29) is 12.1 Å². The van der Waals surface area contributed by atoms with Crippen LogP contribution in [0.3, 0.4) is 0 Å². The SMILES string of the molecule is COC(=O)C[C@](N[S@+]([O-])C(C)(C)C)(c1ccc(Br)cc1)c1ncccc1F. The molecule has 1 aromatic carbocycles. The molecule has 0 aliphatic carbocycles. The van der Waals surface area contributed by atoms with Crippen molar-refractivity contribution in [3.63, 3.8) is 0 Å². The summed E-state index contributed by atoms with van der Waals surface area (Å²) < 4.78 is 35.7. The first-order valence-corrected chi connectivity index (χ1v) is 10.2. The number of methoxy groups -OCH3 is 1. The lowest BCUT2D eigenvalue weighted by molar-refractivity contribution is -0.142. The molecule has 1 aromatic heterocycles. The highest BCUT2D eigenvalue weighted by atomic mass is 79.9. The lowest BCUT2D eigenvalue weighted by Gasteiger charge is -2.37. The summed E-state index contributed by atoms with van der Waals surface area (Å²) in [7, 11) is 1.25. The van der Waals surface area contributed by atoms with Gasteiger partial charge in [0.05, 0.1) is 13.5 Å². The first-order valence-electron chi connectivity index (χ1n) is 8.23. The first-order chi connectivity index (χ1) is 12.6. The summed E-state index contributed by atoms with van der Waals surface area (Å²) in [6, 6.07) is 9.72. The highest BCUT2D eigenvalue weighted by molar-refractivity contribution is 9.10. The average molecular weight is 457 g/mol. The second-order valence-electron chi connectivity index (χ2n) is 6.98. The van der Waals surface area contributed by atoms with E-state index in [0.717, 1.165) is 4.47 Å². The Kier molecular flexibility index (Phi) is 7.02. The van der Waals surface area contributed by atoms with Crippen LogP contribution in [0.25, 0.3) is 0 Å². The Morgan fingerprint density at radius 1 is 1.30 bits per heavy atom. The fraction of sp³-hybridized carbons (Fsp3) is 0.368. The van der Waals surface area contributed by atoms with Crippen molar-refractivity contribution in [1.29, 1.82) is 0 Å². The zero-order valence-corrected chi connectivity index (χ0v) is 18.0. The molecule has 0 amide bonds. The topological polar surface area (TPSA) is 74.3 Å². The van der Waals surface area contributed by atoms with E-state index in [1.165, 1.54) is 25.4 Å². The number of aromatic nitrogens is 1. The van der Waals surface area contributed by atoms with E-state index >= 15 is 0 Å². The van der Waals surface area contributed by atoms with E-state index in [1.54, 1.807) is 45.0 Å². The van der Waals surface area contributed by atoms with Crippen molar-refractivity contribution >= 4 is 33.3 Å². The number of carbonyl (C=O) groups is 1. The van der Waals surface area contributed by atoms with Crippen molar-refractivity contribution in [3.05, 3.63) is 64.1 Å². The van der Waals surface area contributed by atoms with Crippen LogP contribution in [0.5, 0.6) is 0 Å². The third kappa shape index (κ3) is 5.07. The maximum Gasteiger partial charge on any atom is 0.308 e. The number of nitrogens with zero attached hydrogens (tertiary/aromatic N) is 1. The summed E-state index contributed by atoms with van der Waals surface area (Å²) in [4.78, 5) is 16.4. The number of pyridine rings is 1. The summed E-state index contributed by atoms with van der Waals surface area (Å²) in [5, 5.41) is 0. The predicted molar refractivity (Wildman–Crippen MR) is 107 cm³/mol. The summed E-state index contributed by atoms with van der Waals surface area (Å²) in [5.74, 6) is -1.19. The second kappa shape index (κ2) is 8.68. The van der Waals surface area contributed by atoms with E-state index in [1.807, 2.05) is 0 Å². The smallest absolute Gasteiger partial charge is 0.308 e. The van der Waals surface area contributed by atoms with Gasteiger partial charge in [-0.3, -0.25) is 9.78 Å². The number of carbonyl (C=O) groups excluding carboxylic acids is 1. The molecule has 5 nitrogen and oxygen atoms in total. The molecule has 0 bridgehead atoms. The summed E-state index contributed by atoms with van der Waals surface area (Å²) in [6.45, 7) is 5.36. The van der Waals surface area contributed by atoms with Crippen LogP contribution in [0, 0.1) is 5.82 Å². The van der Waals surface area contributed by atoms with Gasteiger partial charge in [-0.25, -0.2) is 4.39 Å². The number of benzene rings is 1. The predicted octanol–water partition coefficient (Wildman–Crippen LogP) is 3.84. The molecule has 0 radical (unpaired) electrons. The van der Waals surface area contributed by atoms with Crippen molar-refractivity contribution in [3.8, 4) is 0 Å². The van der Waals surface area contributed by atoms with Gasteiger partial charge < -0.3 is 9.29 Å². The average Bonchev–Trinajstić information content (AvgIpc) is 2.61. The molecule has 1 heterocycles. The van der Waals surface area contributed by atoms with Crippen LogP contribution in [-0.4, -0.2) is 27.4 Å². The van der Waals surface area contributed by atoms with E-state index < -0.39 is 33.4 Å². The monoisotopic (exact) mass is 456 g/mol. The Morgan fingerprint density at radius 3 is 2.44 bits per heavy atom. The Balaban J connectivity index is 2.73. The molecule has 8 heteroatoms. The second-order valence-corrected chi connectivity index (χ2v) is 9.86. The van der Waals surface area contributed by atoms with Crippen LogP contribution < -0.4 is 4.72 Å². The molecule has 2 rings (SSSR count). The van der Waals surface area contributed by atoms with Crippen LogP contribution in [-0.2, 0) is 26.4 Å². The van der Waals surface area contributed by atoms with Crippen molar-refractivity contribution in [1.82, 2.24) is 9.71 Å². The van der Waals surface area contributed by atoms with Gasteiger partial charge >= 0.3 is 5.97 Å². The number of esters is 1. The summed E-state index contributed by atoms with van der Waals surface area (Å²) >= 11 is 1.75. The molecule has 27 heavy (non-hydrogen) atoms. The number of nitrogens with one attached hydrogen (secondary N) is 1. The molecular formula is C19H22BrFN2O3S. The van der Waals surface area contributed by atoms with Gasteiger partial charge in [-0.2, -0.15) is 0 Å². The molecule has 0 aliphatic rings. The van der Waals surface area contributed by atoms with E-state index in [9.17, 15) is 13.7 Å². The fourth-order valence-corrected chi connectivity index (χ4v) is 3.67. The van der Waals surface area contributed by atoms with E-state index in [2.05, 4.69) is 25.6 Å². The van der Waals surface area contributed by atoms with E-state index in [4.69, 9.17) is 4.74 Å². The Hall–Kier alpha value is -1.48. The van der Waals surface area contributed by atoms with Gasteiger partial charge in [0, 0.05) is 22.0 Å². The van der Waals surface area contributed by atoms with Crippen LogP contribution in [0.4, 0.5) is 4.39 Å². The molecule has 146 valence electrons. The van der Waals surface area contributed by atoms with Gasteiger partial charge in [-0.1, -0.05) is 28.1 Å². The number of halogens is 2. The van der Waals surface area contributed by atoms with Gasteiger partial charge in [0.2, 0.25) is 0 Å². The molecule has 0 spiro atoms. The summed E-state index contributed by atoms with van der Waals surface area (Å²) in [5.41, 5.74) is -0.932. The summed E-state index contributed by atoms with van der Waals surface area (Å²) in [6.07, 6.45) is 1.16. The standard InChI is InChI=1S/C19H22BrFN2O3S/c1-18(2,3)27(25)23-19(12-16(24)26-4,13-7-9-14(20)10-8-13)17-15(21)6-5-11-22-17/h5-11,23H,12H2,1-4H3/t19-,27+/m0/s1. The normalized spacial score (nSPS) is 15.1. The third-order valence-electron chi connectivity index (χ3n) is 3.96. The van der Waals surface area contributed by atoms with Gasteiger partial charge in [0.1, 0.15) is 21.8 Å². The van der Waals surface area contributed by atoms with Gasteiger partial charge in [-0.15, -0.1) is 4.72 Å². The molecular weight excluding hydrogens is 435 g/mol. The lowest BCUT2D eigenvalue weighted by Crippen LogP contribution is -2.54. The zero-order chi connectivity index (χ0) is 20.2. The molecule has 0 unspecified atom stereocenters. The molecule has 1 N–H and O–H groups in total. The largest absolute Gasteiger partial charge is 0.598 e. The van der Waals surface area contributed by atoms with Crippen LogP contribution in [0.1, 0.15) is 38.4 Å². The molecule has 0 saturated carbocycles. The van der Waals surface area contributed by atoms with E-state index in [0.29, 0.717) is 5.56 Å².